The Bertz CT molecular complexity index is 622. The highest BCUT2D eigenvalue weighted by atomic mass is 35.5. The minimum absolute atomic E-state index is 0.0155. The second kappa shape index (κ2) is 4.53. The zero-order chi connectivity index (χ0) is 13.3. The first-order valence-corrected chi connectivity index (χ1v) is 4.93. The number of ether oxygens (including phenoxy) is 1. The first-order chi connectivity index (χ1) is 8.38. The van der Waals surface area contributed by atoms with Crippen LogP contribution in [0.15, 0.2) is 11.1 Å². The summed E-state index contributed by atoms with van der Waals surface area (Å²) in [6, 6.07) is 0. The predicted molar refractivity (Wildman–Crippen MR) is 52.1 cm³/mol. The second-order valence-corrected chi connectivity index (χ2v) is 3.48. The lowest BCUT2D eigenvalue weighted by Crippen LogP contribution is -2.32. The van der Waals surface area contributed by atoms with Crippen LogP contribution in [0.2, 0.25) is 5.15 Å². The van der Waals surface area contributed by atoms with Gasteiger partial charge < -0.3 is 0 Å². The molecule has 0 atom stereocenters. The number of alkyl halides is 3. The number of imidazole rings is 1. The minimum Gasteiger partial charge on any atom is -0.290 e. The molecule has 0 spiro atoms. The van der Waals surface area contributed by atoms with E-state index >= 15 is 0 Å². The summed E-state index contributed by atoms with van der Waals surface area (Å²) in [4.78, 5) is 15.3. The zero-order valence-corrected chi connectivity index (χ0v) is 9.31. The molecule has 18 heavy (non-hydrogen) atoms. The lowest BCUT2D eigenvalue weighted by molar-refractivity contribution is -0.325. The van der Waals surface area contributed by atoms with Crippen molar-refractivity contribution in [3.05, 3.63) is 22.0 Å². The standard InChI is InChI=1S/C7H5ClF3N5O2/c8-4-5-13-14-16(1-2-18-7(9,10)11)6(17)15(5)3-12-4/h3H,1-2H2. The van der Waals surface area contributed by atoms with Gasteiger partial charge in [0.1, 0.15) is 6.33 Å². The van der Waals surface area contributed by atoms with Crippen LogP contribution in [0, 0.1) is 0 Å². The van der Waals surface area contributed by atoms with E-state index in [1.807, 2.05) is 0 Å². The molecular formula is C7H5ClF3N5O2. The molecule has 0 radical (unpaired) electrons. The summed E-state index contributed by atoms with van der Waals surface area (Å²) in [5, 5.41) is 6.97. The van der Waals surface area contributed by atoms with Crippen LogP contribution in [-0.4, -0.2) is 37.3 Å². The number of fused-ring (bicyclic) bond motifs is 1. The Morgan fingerprint density at radius 2 is 2.17 bits per heavy atom. The Morgan fingerprint density at radius 3 is 2.83 bits per heavy atom. The summed E-state index contributed by atoms with van der Waals surface area (Å²) < 4.78 is 40.4. The average molecular weight is 284 g/mol. The zero-order valence-electron chi connectivity index (χ0n) is 8.56. The molecule has 11 heteroatoms. The Balaban J connectivity index is 2.20. The van der Waals surface area contributed by atoms with Crippen LogP contribution in [0.4, 0.5) is 13.2 Å². The summed E-state index contributed by atoms with van der Waals surface area (Å²) in [6.07, 6.45) is -3.64. The molecule has 0 fully saturated rings. The number of halogens is 4. The Hall–Kier alpha value is -1.68. The Morgan fingerprint density at radius 1 is 1.44 bits per heavy atom. The molecular weight excluding hydrogens is 279 g/mol. The van der Waals surface area contributed by atoms with Crippen molar-refractivity contribution in [3.8, 4) is 0 Å². The smallest absolute Gasteiger partial charge is 0.290 e. The van der Waals surface area contributed by atoms with E-state index < -0.39 is 25.2 Å². The molecule has 0 aromatic carbocycles. The Kier molecular flexibility index (Phi) is 3.22. The van der Waals surface area contributed by atoms with Crippen LogP contribution < -0.4 is 5.69 Å². The highest BCUT2D eigenvalue weighted by Gasteiger charge is 2.28. The summed E-state index contributed by atoms with van der Waals surface area (Å²) in [6.45, 7) is -1.14. The molecule has 2 rings (SSSR count). The van der Waals surface area contributed by atoms with Gasteiger partial charge in [0, 0.05) is 0 Å². The van der Waals surface area contributed by atoms with Gasteiger partial charge in [0.2, 0.25) is 5.65 Å². The van der Waals surface area contributed by atoms with Crippen molar-refractivity contribution in [2.24, 2.45) is 0 Å². The van der Waals surface area contributed by atoms with Crippen molar-refractivity contribution >= 4 is 17.2 Å². The number of hydrogen-bond donors (Lipinski definition) is 0. The molecule has 0 amide bonds. The first-order valence-electron chi connectivity index (χ1n) is 4.55. The highest BCUT2D eigenvalue weighted by molar-refractivity contribution is 6.32. The van der Waals surface area contributed by atoms with Gasteiger partial charge >= 0.3 is 12.1 Å². The quantitative estimate of drug-likeness (QED) is 0.819. The van der Waals surface area contributed by atoms with Crippen LogP contribution in [0.1, 0.15) is 0 Å². The molecule has 0 aliphatic rings. The van der Waals surface area contributed by atoms with Gasteiger partial charge in [-0.2, -0.15) is 4.68 Å². The largest absolute Gasteiger partial charge is 0.522 e. The van der Waals surface area contributed by atoms with Gasteiger partial charge in [-0.1, -0.05) is 16.8 Å². The predicted octanol–water partition coefficient (Wildman–Crippen LogP) is 0.476. The normalized spacial score (nSPS) is 12.2. The first kappa shape index (κ1) is 12.8. The van der Waals surface area contributed by atoms with Crippen LogP contribution in [0.5, 0.6) is 0 Å². The van der Waals surface area contributed by atoms with Crippen LogP contribution >= 0.6 is 11.6 Å². The molecule has 0 saturated carbocycles. The number of nitrogens with zero attached hydrogens (tertiary/aromatic N) is 5. The molecule has 0 bridgehead atoms. The molecule has 0 saturated heterocycles. The molecule has 0 aliphatic heterocycles. The molecule has 0 N–H and O–H groups in total. The van der Waals surface area contributed by atoms with Crippen molar-refractivity contribution in [2.75, 3.05) is 6.61 Å². The molecule has 2 aromatic heterocycles. The lowest BCUT2D eigenvalue weighted by atomic mass is 10.7. The topological polar surface area (TPSA) is 74.3 Å². The van der Waals surface area contributed by atoms with Crippen LogP contribution in [-0.2, 0) is 11.3 Å². The van der Waals surface area contributed by atoms with Crippen LogP contribution in [0.25, 0.3) is 5.65 Å². The van der Waals surface area contributed by atoms with Crippen molar-refractivity contribution in [1.29, 1.82) is 0 Å². The van der Waals surface area contributed by atoms with Gasteiger partial charge in [-0.25, -0.2) is 14.2 Å². The minimum atomic E-state index is -4.75. The van der Waals surface area contributed by atoms with E-state index in [0.717, 1.165) is 15.4 Å². The van der Waals surface area contributed by atoms with Crippen molar-refractivity contribution in [1.82, 2.24) is 24.4 Å². The van der Waals surface area contributed by atoms with Gasteiger partial charge in [-0.15, -0.1) is 18.3 Å². The number of aromatic nitrogens is 5. The van der Waals surface area contributed by atoms with E-state index in [-0.39, 0.29) is 10.8 Å². The van der Waals surface area contributed by atoms with Crippen molar-refractivity contribution in [2.45, 2.75) is 12.9 Å². The molecule has 98 valence electrons. The van der Waals surface area contributed by atoms with Crippen molar-refractivity contribution < 1.29 is 17.9 Å². The number of hydrogen-bond acceptors (Lipinski definition) is 5. The summed E-state index contributed by atoms with van der Waals surface area (Å²) in [7, 11) is 0. The third-order valence-electron chi connectivity index (χ3n) is 1.94. The average Bonchev–Trinajstić information content (AvgIpc) is 2.63. The van der Waals surface area contributed by atoms with E-state index in [2.05, 4.69) is 20.0 Å². The fourth-order valence-corrected chi connectivity index (χ4v) is 1.37. The second-order valence-electron chi connectivity index (χ2n) is 3.12. The van der Waals surface area contributed by atoms with E-state index in [4.69, 9.17) is 11.6 Å². The van der Waals surface area contributed by atoms with Crippen LogP contribution in [0.3, 0.4) is 0 Å². The molecule has 0 aliphatic carbocycles. The molecule has 0 unspecified atom stereocenters. The maximum atomic E-state index is 11.7. The molecule has 2 aromatic rings. The van der Waals surface area contributed by atoms with E-state index in [0.29, 0.717) is 0 Å². The fraction of sp³-hybridized carbons (Fsp3) is 0.429. The van der Waals surface area contributed by atoms with Gasteiger partial charge in [0.15, 0.2) is 5.15 Å². The lowest BCUT2D eigenvalue weighted by Gasteiger charge is -2.07. The van der Waals surface area contributed by atoms with E-state index in [9.17, 15) is 18.0 Å². The third kappa shape index (κ3) is 2.59. The monoisotopic (exact) mass is 283 g/mol. The maximum absolute atomic E-state index is 11.7. The summed E-state index contributed by atoms with van der Waals surface area (Å²) >= 11 is 5.61. The molecule has 7 nitrogen and oxygen atoms in total. The summed E-state index contributed by atoms with van der Waals surface area (Å²) in [5.41, 5.74) is -0.667. The van der Waals surface area contributed by atoms with E-state index in [1.165, 1.54) is 0 Å². The van der Waals surface area contributed by atoms with Gasteiger partial charge in [0.05, 0.1) is 13.2 Å². The van der Waals surface area contributed by atoms with Gasteiger partial charge in [0.25, 0.3) is 0 Å². The fourth-order valence-electron chi connectivity index (χ4n) is 1.20. The molecule has 2 heterocycles. The van der Waals surface area contributed by atoms with Gasteiger partial charge in [-0.3, -0.25) is 4.74 Å². The SMILES string of the molecule is O=c1n(CCOC(F)(F)F)nnc2c(Cl)ncn12. The van der Waals surface area contributed by atoms with Crippen molar-refractivity contribution in [3.63, 3.8) is 0 Å². The maximum Gasteiger partial charge on any atom is 0.522 e. The Labute approximate surface area is 102 Å². The van der Waals surface area contributed by atoms with E-state index in [1.54, 1.807) is 0 Å². The highest BCUT2D eigenvalue weighted by Crippen LogP contribution is 2.15. The third-order valence-corrected chi connectivity index (χ3v) is 2.21. The van der Waals surface area contributed by atoms with Gasteiger partial charge in [-0.05, 0) is 0 Å². The number of rotatable bonds is 3. The summed E-state index contributed by atoms with van der Waals surface area (Å²) in [5.74, 6) is 0.